The van der Waals surface area contributed by atoms with Crippen molar-refractivity contribution >= 4 is 0 Å². The Morgan fingerprint density at radius 3 is 2.35 bits per heavy atom. The predicted molar refractivity (Wildman–Crippen MR) is 72.9 cm³/mol. The first kappa shape index (κ1) is 14.2. The van der Waals surface area contributed by atoms with Gasteiger partial charge in [-0.15, -0.1) is 0 Å². The van der Waals surface area contributed by atoms with E-state index in [-0.39, 0.29) is 0 Å². The summed E-state index contributed by atoms with van der Waals surface area (Å²) < 4.78 is 5.64. The second kappa shape index (κ2) is 8.26. The quantitative estimate of drug-likeness (QED) is 0.698. The smallest absolute Gasteiger partial charge is 0.0716 e. The molecule has 0 heterocycles. The van der Waals surface area contributed by atoms with E-state index >= 15 is 0 Å². The monoisotopic (exact) mass is 235 g/mol. The molecule has 0 aliphatic rings. The van der Waals surface area contributed by atoms with Gasteiger partial charge in [0.05, 0.1) is 6.61 Å². The molecule has 0 aliphatic carbocycles. The van der Waals surface area contributed by atoms with Crippen LogP contribution >= 0.6 is 0 Å². The summed E-state index contributed by atoms with van der Waals surface area (Å²) in [7, 11) is 0. The highest BCUT2D eigenvalue weighted by atomic mass is 16.5. The number of hydrogen-bond acceptors (Lipinski definition) is 2. The van der Waals surface area contributed by atoms with Crippen LogP contribution in [-0.4, -0.2) is 13.2 Å². The molecule has 0 unspecified atom stereocenters. The lowest BCUT2D eigenvalue weighted by molar-refractivity contribution is 0.110. The van der Waals surface area contributed by atoms with Crippen molar-refractivity contribution < 1.29 is 4.74 Å². The molecular formula is C15H25NO. The summed E-state index contributed by atoms with van der Waals surface area (Å²) in [6.45, 7) is 10.1. The summed E-state index contributed by atoms with van der Waals surface area (Å²) in [6, 6.07) is 8.65. The molecule has 0 bridgehead atoms. The zero-order valence-corrected chi connectivity index (χ0v) is 11.3. The second-order valence-electron chi connectivity index (χ2n) is 4.83. The van der Waals surface area contributed by atoms with Gasteiger partial charge in [-0.25, -0.2) is 0 Å². The van der Waals surface area contributed by atoms with Crippen LogP contribution in [0.2, 0.25) is 0 Å². The summed E-state index contributed by atoms with van der Waals surface area (Å²) in [4.78, 5) is 0. The Morgan fingerprint density at radius 1 is 1.12 bits per heavy atom. The van der Waals surface area contributed by atoms with E-state index < -0.39 is 0 Å². The minimum absolute atomic E-state index is 0.720. The Hall–Kier alpha value is -0.860. The largest absolute Gasteiger partial charge is 0.377 e. The molecule has 0 saturated heterocycles. The summed E-state index contributed by atoms with van der Waals surface area (Å²) in [6.07, 6.45) is 1.14. The molecule has 0 fully saturated rings. The molecule has 0 radical (unpaired) electrons. The number of hydrogen-bond donors (Lipinski definition) is 1. The van der Waals surface area contributed by atoms with Crippen LogP contribution in [0.5, 0.6) is 0 Å². The number of ether oxygens (including phenoxy) is 1. The molecule has 0 aromatic heterocycles. The molecule has 1 aromatic rings. The molecule has 2 heteroatoms. The maximum Gasteiger partial charge on any atom is 0.0716 e. The highest BCUT2D eigenvalue weighted by Gasteiger charge is 1.97. The number of benzene rings is 1. The van der Waals surface area contributed by atoms with Crippen LogP contribution in [0, 0.1) is 5.92 Å². The van der Waals surface area contributed by atoms with Crippen LogP contribution in [-0.2, 0) is 17.9 Å². The summed E-state index contributed by atoms with van der Waals surface area (Å²) in [5, 5.41) is 3.32. The fraction of sp³-hybridized carbons (Fsp3) is 0.600. The lowest BCUT2D eigenvalue weighted by Gasteiger charge is -2.07. The van der Waals surface area contributed by atoms with E-state index in [1.165, 1.54) is 11.1 Å². The normalized spacial score (nSPS) is 11.1. The Labute approximate surface area is 105 Å². The van der Waals surface area contributed by atoms with Crippen molar-refractivity contribution in [3.05, 3.63) is 35.4 Å². The Morgan fingerprint density at radius 2 is 1.76 bits per heavy atom. The first-order valence-electron chi connectivity index (χ1n) is 6.58. The summed E-state index contributed by atoms with van der Waals surface area (Å²) >= 11 is 0. The van der Waals surface area contributed by atoms with E-state index in [9.17, 15) is 0 Å². The van der Waals surface area contributed by atoms with Crippen molar-refractivity contribution in [3.63, 3.8) is 0 Å². The van der Waals surface area contributed by atoms with E-state index in [4.69, 9.17) is 4.74 Å². The molecule has 0 amide bonds. The number of nitrogens with one attached hydrogen (secondary N) is 1. The molecular weight excluding hydrogens is 210 g/mol. The van der Waals surface area contributed by atoms with Gasteiger partial charge >= 0.3 is 0 Å². The molecule has 96 valence electrons. The first-order chi connectivity index (χ1) is 8.22. The molecule has 2 nitrogen and oxygen atoms in total. The van der Waals surface area contributed by atoms with Gasteiger partial charge in [0.2, 0.25) is 0 Å². The van der Waals surface area contributed by atoms with Crippen LogP contribution < -0.4 is 5.32 Å². The summed E-state index contributed by atoms with van der Waals surface area (Å²) in [5.41, 5.74) is 2.59. The van der Waals surface area contributed by atoms with Crippen molar-refractivity contribution in [1.82, 2.24) is 5.32 Å². The summed E-state index contributed by atoms with van der Waals surface area (Å²) in [5.74, 6) is 0.720. The number of rotatable bonds is 8. The van der Waals surface area contributed by atoms with E-state index in [1.807, 2.05) is 0 Å². The van der Waals surface area contributed by atoms with Gasteiger partial charge in [0.1, 0.15) is 0 Å². The van der Waals surface area contributed by atoms with Crippen molar-refractivity contribution in [1.29, 1.82) is 0 Å². The third kappa shape index (κ3) is 6.44. The lowest BCUT2D eigenvalue weighted by atomic mass is 10.1. The van der Waals surface area contributed by atoms with Crippen molar-refractivity contribution in [3.8, 4) is 0 Å². The highest BCUT2D eigenvalue weighted by molar-refractivity contribution is 5.21. The van der Waals surface area contributed by atoms with Crippen molar-refractivity contribution in [2.45, 2.75) is 40.3 Å². The van der Waals surface area contributed by atoms with Gasteiger partial charge in [0.15, 0.2) is 0 Å². The average molecular weight is 235 g/mol. The van der Waals surface area contributed by atoms with E-state index in [0.717, 1.165) is 38.6 Å². The molecule has 1 aromatic carbocycles. The predicted octanol–water partition coefficient (Wildman–Crippen LogP) is 3.36. The lowest BCUT2D eigenvalue weighted by Crippen LogP contribution is -2.11. The van der Waals surface area contributed by atoms with Gasteiger partial charge < -0.3 is 10.1 Å². The molecule has 0 saturated carbocycles. The molecule has 1 N–H and O–H groups in total. The maximum atomic E-state index is 5.64. The molecule has 0 atom stereocenters. The Balaban J connectivity index is 2.25. The SMILES string of the molecule is CCNCc1ccc(COCCC(C)C)cc1. The minimum Gasteiger partial charge on any atom is -0.377 e. The van der Waals surface area contributed by atoms with E-state index in [1.54, 1.807) is 0 Å². The second-order valence-corrected chi connectivity index (χ2v) is 4.83. The third-order valence-corrected chi connectivity index (χ3v) is 2.71. The molecule has 0 spiro atoms. The van der Waals surface area contributed by atoms with Gasteiger partial charge in [0, 0.05) is 13.2 Å². The Kier molecular flexibility index (Phi) is 6.90. The van der Waals surface area contributed by atoms with Gasteiger partial charge in [-0.1, -0.05) is 45.0 Å². The van der Waals surface area contributed by atoms with Gasteiger partial charge in [-0.05, 0) is 30.0 Å². The van der Waals surface area contributed by atoms with Crippen LogP contribution in [0.25, 0.3) is 0 Å². The van der Waals surface area contributed by atoms with Crippen LogP contribution in [0.4, 0.5) is 0 Å². The third-order valence-electron chi connectivity index (χ3n) is 2.71. The standard InChI is InChI=1S/C15H25NO/c1-4-16-11-14-5-7-15(8-6-14)12-17-10-9-13(2)3/h5-8,13,16H,4,9-12H2,1-3H3. The minimum atomic E-state index is 0.720. The topological polar surface area (TPSA) is 21.3 Å². The fourth-order valence-electron chi connectivity index (χ4n) is 1.53. The molecule has 17 heavy (non-hydrogen) atoms. The van der Waals surface area contributed by atoms with Gasteiger partial charge in [-0.2, -0.15) is 0 Å². The zero-order chi connectivity index (χ0) is 12.5. The average Bonchev–Trinajstić information content (AvgIpc) is 2.33. The highest BCUT2D eigenvalue weighted by Crippen LogP contribution is 2.07. The van der Waals surface area contributed by atoms with E-state index in [2.05, 4.69) is 50.4 Å². The molecule has 1 rings (SSSR count). The van der Waals surface area contributed by atoms with E-state index in [0.29, 0.717) is 0 Å². The molecule has 0 aliphatic heterocycles. The van der Waals surface area contributed by atoms with Crippen molar-refractivity contribution in [2.24, 2.45) is 5.92 Å². The Bertz CT molecular complexity index is 292. The first-order valence-corrected chi connectivity index (χ1v) is 6.58. The maximum absolute atomic E-state index is 5.64. The van der Waals surface area contributed by atoms with Crippen LogP contribution in [0.1, 0.15) is 38.3 Å². The van der Waals surface area contributed by atoms with Crippen LogP contribution in [0.3, 0.4) is 0 Å². The van der Waals surface area contributed by atoms with Gasteiger partial charge in [0.25, 0.3) is 0 Å². The van der Waals surface area contributed by atoms with Crippen LogP contribution in [0.15, 0.2) is 24.3 Å². The fourth-order valence-corrected chi connectivity index (χ4v) is 1.53. The van der Waals surface area contributed by atoms with Gasteiger partial charge in [-0.3, -0.25) is 0 Å². The zero-order valence-electron chi connectivity index (χ0n) is 11.3. The van der Waals surface area contributed by atoms with Crippen molar-refractivity contribution in [2.75, 3.05) is 13.2 Å².